The summed E-state index contributed by atoms with van der Waals surface area (Å²) >= 11 is 0. The summed E-state index contributed by atoms with van der Waals surface area (Å²) in [6.45, 7) is 5.50. The molecular formula is C18H31NO3. The molecular weight excluding hydrogens is 278 g/mol. The van der Waals surface area contributed by atoms with Crippen LogP contribution < -0.4 is 0 Å². The number of carbonyl (C=O) groups excluding carboxylic acids is 1. The molecule has 0 radical (unpaired) electrons. The molecule has 3 fully saturated rings. The molecule has 1 atom stereocenters. The van der Waals surface area contributed by atoms with Crippen molar-refractivity contribution in [1.29, 1.82) is 0 Å². The fraction of sp³-hybridized carbons (Fsp3) is 0.944. The average Bonchev–Trinajstić information content (AvgIpc) is 3.07. The second kappa shape index (κ2) is 7.78. The van der Waals surface area contributed by atoms with Crippen molar-refractivity contribution in [1.82, 2.24) is 4.90 Å². The van der Waals surface area contributed by atoms with Gasteiger partial charge in [-0.25, -0.2) is 0 Å². The smallest absolute Gasteiger partial charge is 0.226 e. The van der Waals surface area contributed by atoms with Crippen LogP contribution in [-0.2, 0) is 14.3 Å². The number of rotatable bonds is 4. The molecule has 0 N–H and O–H groups in total. The van der Waals surface area contributed by atoms with Crippen LogP contribution in [0, 0.1) is 11.8 Å². The molecule has 4 heteroatoms. The van der Waals surface area contributed by atoms with E-state index < -0.39 is 0 Å². The molecule has 0 unspecified atom stereocenters. The highest BCUT2D eigenvalue weighted by Crippen LogP contribution is 2.30. The Morgan fingerprint density at radius 3 is 2.36 bits per heavy atom. The van der Waals surface area contributed by atoms with Crippen LogP contribution in [0.3, 0.4) is 0 Å². The molecule has 126 valence electrons. The second-order valence-corrected chi connectivity index (χ2v) is 7.43. The molecule has 4 nitrogen and oxygen atoms in total. The normalized spacial score (nSPS) is 33.8. The summed E-state index contributed by atoms with van der Waals surface area (Å²) in [5, 5.41) is 0. The van der Waals surface area contributed by atoms with Gasteiger partial charge >= 0.3 is 0 Å². The quantitative estimate of drug-likeness (QED) is 0.801. The summed E-state index contributed by atoms with van der Waals surface area (Å²) in [6, 6.07) is 0.441. The van der Waals surface area contributed by atoms with Gasteiger partial charge in [-0.3, -0.25) is 4.79 Å². The summed E-state index contributed by atoms with van der Waals surface area (Å²) < 4.78 is 11.2. The van der Waals surface area contributed by atoms with Gasteiger partial charge in [0.15, 0.2) is 0 Å². The van der Waals surface area contributed by atoms with Gasteiger partial charge in [0.25, 0.3) is 0 Å². The van der Waals surface area contributed by atoms with Crippen molar-refractivity contribution in [2.75, 3.05) is 26.4 Å². The Labute approximate surface area is 134 Å². The van der Waals surface area contributed by atoms with E-state index >= 15 is 0 Å². The molecule has 0 bridgehead atoms. The summed E-state index contributed by atoms with van der Waals surface area (Å²) in [6.07, 6.45) is 9.16. The van der Waals surface area contributed by atoms with E-state index in [2.05, 4.69) is 11.8 Å². The molecule has 22 heavy (non-hydrogen) atoms. The maximum Gasteiger partial charge on any atom is 0.226 e. The molecule has 0 aromatic carbocycles. The van der Waals surface area contributed by atoms with Crippen LogP contribution in [0.25, 0.3) is 0 Å². The molecule has 3 rings (SSSR count). The monoisotopic (exact) mass is 309 g/mol. The van der Waals surface area contributed by atoms with Gasteiger partial charge < -0.3 is 14.4 Å². The van der Waals surface area contributed by atoms with Gasteiger partial charge in [0.05, 0.1) is 6.10 Å². The average molecular weight is 309 g/mol. The molecule has 1 saturated carbocycles. The number of nitrogens with zero attached hydrogens (tertiary/aromatic N) is 1. The van der Waals surface area contributed by atoms with Gasteiger partial charge in [-0.2, -0.15) is 0 Å². The SMILES string of the molecule is CC1CCC(N(C[C@@H]2CCCO2)C(=O)C2CCOCC2)CC1. The molecule has 2 saturated heterocycles. The molecule has 1 aliphatic carbocycles. The van der Waals surface area contributed by atoms with Crippen molar-refractivity contribution >= 4 is 5.91 Å². The van der Waals surface area contributed by atoms with E-state index in [4.69, 9.17) is 9.47 Å². The third-order valence-electron chi connectivity index (χ3n) is 5.70. The van der Waals surface area contributed by atoms with Gasteiger partial charge in [0.2, 0.25) is 5.91 Å². The van der Waals surface area contributed by atoms with E-state index in [9.17, 15) is 4.79 Å². The zero-order valence-electron chi connectivity index (χ0n) is 14.0. The molecule has 2 aliphatic heterocycles. The first kappa shape index (κ1) is 16.3. The van der Waals surface area contributed by atoms with Gasteiger partial charge in [0.1, 0.15) is 0 Å². The Morgan fingerprint density at radius 1 is 1.00 bits per heavy atom. The van der Waals surface area contributed by atoms with E-state index in [1.807, 2.05) is 0 Å². The van der Waals surface area contributed by atoms with Crippen LogP contribution in [0.15, 0.2) is 0 Å². The summed E-state index contributed by atoms with van der Waals surface area (Å²) in [4.78, 5) is 15.3. The lowest BCUT2D eigenvalue weighted by atomic mass is 9.85. The summed E-state index contributed by atoms with van der Waals surface area (Å²) in [5.74, 6) is 1.37. The van der Waals surface area contributed by atoms with Crippen molar-refractivity contribution in [3.63, 3.8) is 0 Å². The Bertz CT molecular complexity index is 353. The lowest BCUT2D eigenvalue weighted by Crippen LogP contribution is -2.49. The first-order chi connectivity index (χ1) is 10.7. The predicted octanol–water partition coefficient (Wildman–Crippen LogP) is 3.00. The Balaban J connectivity index is 1.65. The molecule has 1 amide bonds. The topological polar surface area (TPSA) is 38.8 Å². The van der Waals surface area contributed by atoms with Gasteiger partial charge in [-0.1, -0.05) is 6.92 Å². The highest BCUT2D eigenvalue weighted by atomic mass is 16.5. The first-order valence-electron chi connectivity index (χ1n) is 9.24. The van der Waals surface area contributed by atoms with E-state index in [0.717, 1.165) is 58.0 Å². The number of amides is 1. The van der Waals surface area contributed by atoms with E-state index in [1.165, 1.54) is 25.7 Å². The second-order valence-electron chi connectivity index (χ2n) is 7.43. The van der Waals surface area contributed by atoms with Crippen molar-refractivity contribution < 1.29 is 14.3 Å². The number of hydrogen-bond acceptors (Lipinski definition) is 3. The molecule has 2 heterocycles. The Hall–Kier alpha value is -0.610. The van der Waals surface area contributed by atoms with Crippen LogP contribution in [0.4, 0.5) is 0 Å². The number of carbonyl (C=O) groups is 1. The fourth-order valence-corrected chi connectivity index (χ4v) is 4.16. The minimum Gasteiger partial charge on any atom is -0.381 e. The minimum absolute atomic E-state index is 0.175. The van der Waals surface area contributed by atoms with Crippen LogP contribution in [-0.4, -0.2) is 49.3 Å². The van der Waals surface area contributed by atoms with E-state index in [0.29, 0.717) is 11.9 Å². The Kier molecular flexibility index (Phi) is 5.75. The summed E-state index contributed by atoms with van der Waals surface area (Å²) in [7, 11) is 0. The van der Waals surface area contributed by atoms with Crippen molar-refractivity contribution in [3.05, 3.63) is 0 Å². The first-order valence-corrected chi connectivity index (χ1v) is 9.24. The standard InChI is InChI=1S/C18H31NO3/c1-14-4-6-16(7-5-14)19(13-17-3-2-10-22-17)18(20)15-8-11-21-12-9-15/h14-17H,2-13H2,1H3/t14?,16?,17-/m0/s1. The molecule has 0 spiro atoms. The van der Waals surface area contributed by atoms with Crippen LogP contribution in [0.1, 0.15) is 58.3 Å². The highest BCUT2D eigenvalue weighted by molar-refractivity contribution is 5.79. The van der Waals surface area contributed by atoms with Crippen LogP contribution in [0.5, 0.6) is 0 Å². The minimum atomic E-state index is 0.175. The van der Waals surface area contributed by atoms with Crippen LogP contribution >= 0.6 is 0 Å². The maximum absolute atomic E-state index is 13.1. The zero-order valence-corrected chi connectivity index (χ0v) is 14.0. The number of hydrogen-bond donors (Lipinski definition) is 0. The van der Waals surface area contributed by atoms with Crippen molar-refractivity contribution in [3.8, 4) is 0 Å². The van der Waals surface area contributed by atoms with Crippen LogP contribution in [0.2, 0.25) is 0 Å². The predicted molar refractivity (Wildman–Crippen MR) is 85.7 cm³/mol. The highest BCUT2D eigenvalue weighted by Gasteiger charge is 2.34. The van der Waals surface area contributed by atoms with Gasteiger partial charge in [-0.15, -0.1) is 0 Å². The maximum atomic E-state index is 13.1. The third kappa shape index (κ3) is 4.02. The number of ether oxygens (including phenoxy) is 2. The third-order valence-corrected chi connectivity index (χ3v) is 5.70. The van der Waals surface area contributed by atoms with Gasteiger partial charge in [0, 0.05) is 38.3 Å². The summed E-state index contributed by atoms with van der Waals surface area (Å²) in [5.41, 5.74) is 0. The van der Waals surface area contributed by atoms with E-state index in [-0.39, 0.29) is 12.0 Å². The zero-order chi connectivity index (χ0) is 15.4. The van der Waals surface area contributed by atoms with E-state index in [1.54, 1.807) is 0 Å². The lowest BCUT2D eigenvalue weighted by Gasteiger charge is -2.39. The van der Waals surface area contributed by atoms with Crippen molar-refractivity contribution in [2.45, 2.75) is 70.4 Å². The lowest BCUT2D eigenvalue weighted by molar-refractivity contribution is -0.143. The molecule has 3 aliphatic rings. The van der Waals surface area contributed by atoms with Crippen molar-refractivity contribution in [2.24, 2.45) is 11.8 Å². The largest absolute Gasteiger partial charge is 0.381 e. The van der Waals surface area contributed by atoms with Gasteiger partial charge in [-0.05, 0) is 57.3 Å². The molecule has 0 aromatic heterocycles. The molecule has 0 aromatic rings. The Morgan fingerprint density at radius 2 is 1.73 bits per heavy atom. The fourth-order valence-electron chi connectivity index (χ4n) is 4.16.